The van der Waals surface area contributed by atoms with Crippen molar-refractivity contribution in [1.82, 2.24) is 5.32 Å². The summed E-state index contributed by atoms with van der Waals surface area (Å²) in [4.78, 5) is 0. The minimum Gasteiger partial charge on any atom is -0.418 e. The van der Waals surface area contributed by atoms with E-state index < -0.39 is 21.8 Å². The Bertz CT molecular complexity index is 180. The molecule has 0 bridgehead atoms. The van der Waals surface area contributed by atoms with Gasteiger partial charge in [-0.3, -0.25) is 0 Å². The Kier molecular flexibility index (Phi) is 14.9. The molecular weight excluding hydrogens is 334 g/mol. The first-order valence-electron chi connectivity index (χ1n) is 4.87. The summed E-state index contributed by atoms with van der Waals surface area (Å²) < 4.78 is 117. The maximum atomic E-state index is 9.75. The lowest BCUT2D eigenvalue weighted by atomic mass is 10.1. The van der Waals surface area contributed by atoms with Gasteiger partial charge in [-0.05, 0) is 27.8 Å². The molecule has 1 N–H and O–H groups in total. The van der Waals surface area contributed by atoms with E-state index >= 15 is 0 Å². The molecule has 1 nitrogen and oxygen atoms in total. The van der Waals surface area contributed by atoms with Gasteiger partial charge in [0.25, 0.3) is 0 Å². The van der Waals surface area contributed by atoms with Crippen LogP contribution < -0.4 is 5.32 Å². The Morgan fingerprint density at radius 1 is 0.524 bits per heavy atom. The third-order valence-corrected chi connectivity index (χ3v) is 0.750. The molecule has 16 heteroatoms. The molecule has 0 aromatic heterocycles. The van der Waals surface area contributed by atoms with Crippen molar-refractivity contribution in [3.05, 3.63) is 0 Å². The number of rotatable bonds is 0. The average Bonchev–Trinajstić information content (AvgIpc) is 1.91. The van der Waals surface area contributed by atoms with Gasteiger partial charge in [0.15, 0.2) is 0 Å². The van der Waals surface area contributed by atoms with Crippen molar-refractivity contribution in [3.63, 3.8) is 0 Å². The molecule has 0 aliphatic heterocycles. The van der Waals surface area contributed by atoms with Crippen LogP contribution >= 0.6 is 0 Å². The minimum absolute atomic E-state index is 0.292. The Morgan fingerprint density at radius 2 is 0.571 bits per heavy atom. The summed E-state index contributed by atoms with van der Waals surface area (Å²) in [6, 6.07) is 0. The Labute approximate surface area is 113 Å². The van der Waals surface area contributed by atoms with Gasteiger partial charge >= 0.3 is 21.8 Å². The molecule has 0 saturated carbocycles. The van der Waals surface area contributed by atoms with Crippen LogP contribution in [0.2, 0.25) is 0 Å². The summed E-state index contributed by atoms with van der Waals surface area (Å²) in [6.45, 7) is 6.40. The lowest BCUT2D eigenvalue weighted by Gasteiger charge is -2.15. The molecular formula is C5H13B3F12N-3. The van der Waals surface area contributed by atoms with Crippen molar-refractivity contribution in [2.24, 2.45) is 0 Å². The predicted octanol–water partition coefficient (Wildman–Crippen LogP) is 4.90. The van der Waals surface area contributed by atoms with Crippen LogP contribution in [0.4, 0.5) is 51.8 Å². The summed E-state index contributed by atoms with van der Waals surface area (Å²) in [5.41, 5.74) is 0.292. The fourth-order valence-electron chi connectivity index (χ4n) is 0. The van der Waals surface area contributed by atoms with Gasteiger partial charge in [0.05, 0.1) is 0 Å². The zero-order chi connectivity index (χ0) is 18.7. The summed E-state index contributed by atoms with van der Waals surface area (Å²) in [5.74, 6) is 0. The van der Waals surface area contributed by atoms with Crippen LogP contribution in [0, 0.1) is 0 Å². The average molecular weight is 348 g/mol. The van der Waals surface area contributed by atoms with Gasteiger partial charge in [0.2, 0.25) is 0 Å². The molecule has 134 valence electrons. The highest BCUT2D eigenvalue weighted by Crippen LogP contribution is 2.07. The van der Waals surface area contributed by atoms with Gasteiger partial charge in [-0.1, -0.05) is 0 Å². The fraction of sp³-hybridized carbons (Fsp3) is 1.00. The largest absolute Gasteiger partial charge is 0.673 e. The van der Waals surface area contributed by atoms with Crippen molar-refractivity contribution in [2.75, 3.05) is 7.05 Å². The van der Waals surface area contributed by atoms with Crippen LogP contribution in [0.25, 0.3) is 0 Å². The maximum absolute atomic E-state index is 9.75. The van der Waals surface area contributed by atoms with Crippen LogP contribution in [0.5, 0.6) is 0 Å². The van der Waals surface area contributed by atoms with E-state index in [1.165, 1.54) is 0 Å². The Hall–Kier alpha value is -0.685. The van der Waals surface area contributed by atoms with Crippen molar-refractivity contribution in [3.8, 4) is 0 Å². The topological polar surface area (TPSA) is 12.0 Å². The second kappa shape index (κ2) is 11.0. The molecule has 0 rings (SSSR count). The molecule has 0 atom stereocenters. The van der Waals surface area contributed by atoms with Gasteiger partial charge in [-0.25, -0.2) is 0 Å². The molecule has 0 aliphatic carbocycles. The third-order valence-electron chi connectivity index (χ3n) is 0.750. The van der Waals surface area contributed by atoms with Crippen LogP contribution in [0.1, 0.15) is 20.8 Å². The van der Waals surface area contributed by atoms with Gasteiger partial charge in [0, 0.05) is 5.54 Å². The normalized spacial score (nSPS) is 12.0. The number of halogens is 12. The molecule has 0 aliphatic rings. The van der Waals surface area contributed by atoms with E-state index in [2.05, 4.69) is 26.1 Å². The smallest absolute Gasteiger partial charge is 0.418 e. The second-order valence-electron chi connectivity index (χ2n) is 3.98. The summed E-state index contributed by atoms with van der Waals surface area (Å²) in [5, 5.41) is 3.10. The van der Waals surface area contributed by atoms with E-state index in [0.717, 1.165) is 0 Å². The highest BCUT2D eigenvalue weighted by Gasteiger charge is 2.21. The van der Waals surface area contributed by atoms with Crippen LogP contribution in [0.15, 0.2) is 0 Å². The van der Waals surface area contributed by atoms with Gasteiger partial charge in [-0.2, -0.15) is 0 Å². The molecule has 0 heterocycles. The van der Waals surface area contributed by atoms with Gasteiger partial charge in [0.1, 0.15) is 0 Å². The molecule has 0 aromatic carbocycles. The standard InChI is InChI=1S/C5H13N.3BF4/c1-5(2,3)6-4;3*2-1(3,4)5/h6H,1-4H3;;;/q;3*-1. The second-order valence-corrected chi connectivity index (χ2v) is 3.98. The molecule has 0 spiro atoms. The molecule has 0 saturated heterocycles. The van der Waals surface area contributed by atoms with Crippen LogP contribution in [-0.4, -0.2) is 34.3 Å². The number of nitrogens with one attached hydrogen (secondary N) is 1. The highest BCUT2D eigenvalue weighted by molar-refractivity contribution is 6.50. The summed E-state index contributed by atoms with van der Waals surface area (Å²) in [6.07, 6.45) is 0. The quantitative estimate of drug-likeness (QED) is 0.485. The first kappa shape index (κ1) is 28.5. The highest BCUT2D eigenvalue weighted by atomic mass is 19.5. The summed E-state index contributed by atoms with van der Waals surface area (Å²) in [7, 11) is -16.0. The SMILES string of the molecule is CNC(C)(C)C.F[B-](F)(F)F.F[B-](F)(F)F.F[B-](F)(F)F. The van der Waals surface area contributed by atoms with E-state index in [0.29, 0.717) is 5.54 Å². The fourth-order valence-corrected chi connectivity index (χ4v) is 0. The monoisotopic (exact) mass is 348 g/mol. The molecule has 0 fully saturated rings. The predicted molar refractivity (Wildman–Crippen MR) is 59.4 cm³/mol. The first-order chi connectivity index (χ1) is 8.56. The first-order valence-corrected chi connectivity index (χ1v) is 4.87. The van der Waals surface area contributed by atoms with E-state index in [4.69, 9.17) is 0 Å². The van der Waals surface area contributed by atoms with Gasteiger partial charge in [-0.15, -0.1) is 0 Å². The maximum Gasteiger partial charge on any atom is 0.673 e. The van der Waals surface area contributed by atoms with Gasteiger partial charge < -0.3 is 57.1 Å². The van der Waals surface area contributed by atoms with Crippen molar-refractivity contribution in [1.29, 1.82) is 0 Å². The van der Waals surface area contributed by atoms with Crippen LogP contribution in [-0.2, 0) is 0 Å². The molecule has 0 radical (unpaired) electrons. The Balaban J connectivity index is -0.0000000921. The zero-order valence-electron chi connectivity index (χ0n) is 11.3. The molecule has 0 unspecified atom stereocenters. The molecule has 0 aromatic rings. The van der Waals surface area contributed by atoms with E-state index in [1.54, 1.807) is 0 Å². The molecule has 21 heavy (non-hydrogen) atoms. The number of hydrogen-bond donors (Lipinski definition) is 1. The summed E-state index contributed by atoms with van der Waals surface area (Å²) >= 11 is 0. The van der Waals surface area contributed by atoms with Crippen molar-refractivity contribution in [2.45, 2.75) is 26.3 Å². The zero-order valence-corrected chi connectivity index (χ0v) is 11.3. The lowest BCUT2D eigenvalue weighted by Crippen LogP contribution is -2.31. The Morgan fingerprint density at radius 3 is 0.571 bits per heavy atom. The van der Waals surface area contributed by atoms with E-state index in [1.807, 2.05) is 7.05 Å². The van der Waals surface area contributed by atoms with Crippen molar-refractivity contribution < 1.29 is 51.8 Å². The lowest BCUT2D eigenvalue weighted by molar-refractivity contribution is 0.366. The van der Waals surface area contributed by atoms with E-state index in [-0.39, 0.29) is 0 Å². The van der Waals surface area contributed by atoms with Crippen molar-refractivity contribution >= 4 is 21.8 Å². The minimum atomic E-state index is -6.00. The van der Waals surface area contributed by atoms with Crippen LogP contribution in [0.3, 0.4) is 0 Å². The number of hydrogen-bond acceptors (Lipinski definition) is 1. The molecule has 0 amide bonds. The third kappa shape index (κ3) is 1080. The van der Waals surface area contributed by atoms with E-state index in [9.17, 15) is 51.8 Å².